The number of thioether (sulfide) groups is 1. The van der Waals surface area contributed by atoms with Gasteiger partial charge >= 0.3 is 0 Å². The molecule has 0 atom stereocenters. The Balaban J connectivity index is 1.38. The van der Waals surface area contributed by atoms with Gasteiger partial charge in [0.05, 0.1) is 37.8 Å². The average Bonchev–Trinajstić information content (AvgIpc) is 3.58. The van der Waals surface area contributed by atoms with Crippen molar-refractivity contribution in [2.75, 3.05) is 31.4 Å². The maximum absolute atomic E-state index is 13.1. The van der Waals surface area contributed by atoms with Crippen LogP contribution in [0.1, 0.15) is 21.7 Å². The summed E-state index contributed by atoms with van der Waals surface area (Å²) in [4.78, 5) is 27.9. The quantitative estimate of drug-likeness (QED) is 0.329. The molecular formula is C28H27N5O4S. The van der Waals surface area contributed by atoms with Crippen molar-refractivity contribution in [3.8, 4) is 17.2 Å². The number of nitrogens with one attached hydrogen (secondary N) is 1. The van der Waals surface area contributed by atoms with Crippen molar-refractivity contribution in [3.05, 3.63) is 89.7 Å². The second-order valence-corrected chi connectivity index (χ2v) is 9.44. The number of fused-ring (bicyclic) bond motifs is 1. The van der Waals surface area contributed by atoms with Gasteiger partial charge in [-0.2, -0.15) is 0 Å². The number of aromatic nitrogens is 3. The fourth-order valence-electron chi connectivity index (χ4n) is 4.45. The summed E-state index contributed by atoms with van der Waals surface area (Å²) in [6.45, 7) is 0.772. The zero-order chi connectivity index (χ0) is 26.5. The van der Waals surface area contributed by atoms with Crippen molar-refractivity contribution in [1.29, 1.82) is 0 Å². The number of carbonyl (C=O) groups is 2. The van der Waals surface area contributed by atoms with Gasteiger partial charge in [0.25, 0.3) is 5.91 Å². The number of methoxy groups -OCH3 is 2. The lowest BCUT2D eigenvalue weighted by molar-refractivity contribution is -0.116. The molecule has 0 radical (unpaired) electrons. The first-order chi connectivity index (χ1) is 18.6. The van der Waals surface area contributed by atoms with Gasteiger partial charge in [-0.3, -0.25) is 14.2 Å². The molecule has 10 heteroatoms. The molecule has 0 spiro atoms. The molecular weight excluding hydrogens is 502 g/mol. The maximum atomic E-state index is 13.1. The van der Waals surface area contributed by atoms with Crippen LogP contribution in [0.4, 0.5) is 5.69 Å². The molecule has 5 rings (SSSR count). The second kappa shape index (κ2) is 11.4. The van der Waals surface area contributed by atoms with Crippen molar-refractivity contribution in [2.24, 2.45) is 0 Å². The third-order valence-electron chi connectivity index (χ3n) is 6.30. The highest BCUT2D eigenvalue weighted by Crippen LogP contribution is 2.31. The van der Waals surface area contributed by atoms with Gasteiger partial charge in [-0.05, 0) is 42.3 Å². The van der Waals surface area contributed by atoms with Crippen molar-refractivity contribution < 1.29 is 19.1 Å². The molecule has 2 heterocycles. The van der Waals surface area contributed by atoms with E-state index in [0.29, 0.717) is 40.3 Å². The molecule has 1 aromatic heterocycles. The Bertz CT molecular complexity index is 1470. The summed E-state index contributed by atoms with van der Waals surface area (Å²) in [6, 6.07) is 22.5. The molecule has 1 N–H and O–H groups in total. The van der Waals surface area contributed by atoms with Crippen LogP contribution in [0.3, 0.4) is 0 Å². The van der Waals surface area contributed by atoms with Gasteiger partial charge in [0.15, 0.2) is 11.0 Å². The molecule has 3 aromatic carbocycles. The first-order valence-electron chi connectivity index (χ1n) is 12.1. The molecule has 0 bridgehead atoms. The van der Waals surface area contributed by atoms with Crippen LogP contribution in [0.2, 0.25) is 0 Å². The Morgan fingerprint density at radius 2 is 1.58 bits per heavy atom. The molecule has 0 fully saturated rings. The summed E-state index contributed by atoms with van der Waals surface area (Å²) in [6.07, 6.45) is 0.847. The lowest BCUT2D eigenvalue weighted by atomic mass is 10.2. The smallest absolute Gasteiger partial charge is 0.255 e. The molecule has 0 unspecified atom stereocenters. The van der Waals surface area contributed by atoms with Crippen LogP contribution in [-0.2, 0) is 17.8 Å². The summed E-state index contributed by atoms with van der Waals surface area (Å²) in [5.74, 6) is 1.49. The number of carbonyl (C=O) groups excluding carboxylic acids is 2. The number of nitrogens with zero attached hydrogens (tertiary/aromatic N) is 4. The molecule has 0 saturated carbocycles. The fourth-order valence-corrected chi connectivity index (χ4v) is 5.29. The summed E-state index contributed by atoms with van der Waals surface area (Å²) in [5, 5.41) is 12.2. The van der Waals surface area contributed by atoms with Crippen LogP contribution in [-0.4, -0.2) is 53.1 Å². The molecule has 0 aliphatic carbocycles. The largest absolute Gasteiger partial charge is 0.496 e. The first-order valence-corrected chi connectivity index (χ1v) is 13.1. The van der Waals surface area contributed by atoms with Crippen molar-refractivity contribution >= 4 is 29.3 Å². The van der Waals surface area contributed by atoms with E-state index in [4.69, 9.17) is 9.47 Å². The van der Waals surface area contributed by atoms with Crippen LogP contribution in [0.25, 0.3) is 5.69 Å². The van der Waals surface area contributed by atoms with Gasteiger partial charge in [0, 0.05) is 12.2 Å². The first kappa shape index (κ1) is 25.3. The number of para-hydroxylation sites is 4. The third-order valence-corrected chi connectivity index (χ3v) is 7.21. The maximum Gasteiger partial charge on any atom is 0.255 e. The zero-order valence-corrected chi connectivity index (χ0v) is 21.9. The standard InChI is InChI=1S/C28H27N5O4S/c1-36-23-13-7-4-10-20(23)27(35)29-17-25-30-31-28(33(25)22-12-6-8-14-24(22)37-2)38-18-26(34)32-16-15-19-9-3-5-11-21(19)32/h3-14H,15-18H2,1-2H3,(H,29,35). The van der Waals surface area contributed by atoms with Crippen molar-refractivity contribution in [2.45, 2.75) is 18.1 Å². The summed E-state index contributed by atoms with van der Waals surface area (Å²) in [5.41, 5.74) is 3.27. The molecule has 1 aliphatic rings. The van der Waals surface area contributed by atoms with E-state index in [1.54, 1.807) is 31.4 Å². The van der Waals surface area contributed by atoms with Gasteiger partial charge in [-0.25, -0.2) is 0 Å². The number of hydrogen-bond acceptors (Lipinski definition) is 7. The number of amides is 2. The molecule has 194 valence electrons. The highest BCUT2D eigenvalue weighted by molar-refractivity contribution is 7.99. The van der Waals surface area contributed by atoms with Crippen LogP contribution in [0, 0.1) is 0 Å². The molecule has 38 heavy (non-hydrogen) atoms. The predicted octanol–water partition coefficient (Wildman–Crippen LogP) is 3.90. The van der Waals surface area contributed by atoms with Crippen LogP contribution in [0.15, 0.2) is 78.0 Å². The van der Waals surface area contributed by atoms with E-state index in [-0.39, 0.29) is 24.1 Å². The van der Waals surface area contributed by atoms with Gasteiger partial charge in [-0.1, -0.05) is 54.2 Å². The highest BCUT2D eigenvalue weighted by Gasteiger charge is 2.26. The van der Waals surface area contributed by atoms with E-state index >= 15 is 0 Å². The fraction of sp³-hybridized carbons (Fsp3) is 0.214. The molecule has 9 nitrogen and oxygen atoms in total. The second-order valence-electron chi connectivity index (χ2n) is 8.50. The minimum absolute atomic E-state index is 0.000511. The minimum Gasteiger partial charge on any atom is -0.496 e. The molecule has 1 aliphatic heterocycles. The molecule has 4 aromatic rings. The van der Waals surface area contributed by atoms with E-state index in [0.717, 1.165) is 12.1 Å². The average molecular weight is 530 g/mol. The van der Waals surface area contributed by atoms with Crippen LogP contribution >= 0.6 is 11.8 Å². The van der Waals surface area contributed by atoms with Crippen molar-refractivity contribution in [3.63, 3.8) is 0 Å². The van der Waals surface area contributed by atoms with Gasteiger partial charge < -0.3 is 19.7 Å². The molecule has 0 saturated heterocycles. The normalized spacial score (nSPS) is 12.2. The van der Waals surface area contributed by atoms with E-state index in [1.807, 2.05) is 51.9 Å². The number of rotatable bonds is 9. The Morgan fingerprint density at radius 1 is 0.895 bits per heavy atom. The minimum atomic E-state index is -0.297. The Morgan fingerprint density at radius 3 is 2.37 bits per heavy atom. The SMILES string of the molecule is COc1ccccc1C(=O)NCc1nnc(SCC(=O)N2CCc3ccccc32)n1-c1ccccc1OC. The Hall–Kier alpha value is -4.31. The summed E-state index contributed by atoms with van der Waals surface area (Å²) in [7, 11) is 3.11. The van der Waals surface area contributed by atoms with Crippen LogP contribution < -0.4 is 19.7 Å². The van der Waals surface area contributed by atoms with Crippen LogP contribution in [0.5, 0.6) is 11.5 Å². The Labute approximate surface area is 224 Å². The highest BCUT2D eigenvalue weighted by atomic mass is 32.2. The summed E-state index contributed by atoms with van der Waals surface area (Å²) >= 11 is 1.30. The van der Waals surface area contributed by atoms with Gasteiger partial charge in [0.1, 0.15) is 11.5 Å². The van der Waals surface area contributed by atoms with E-state index in [2.05, 4.69) is 21.6 Å². The lowest BCUT2D eigenvalue weighted by Crippen LogP contribution is -2.30. The number of ether oxygens (including phenoxy) is 2. The van der Waals surface area contributed by atoms with Crippen molar-refractivity contribution in [1.82, 2.24) is 20.1 Å². The van der Waals surface area contributed by atoms with E-state index in [1.165, 1.54) is 24.4 Å². The monoisotopic (exact) mass is 529 g/mol. The van der Waals surface area contributed by atoms with Gasteiger partial charge in [0.2, 0.25) is 5.91 Å². The van der Waals surface area contributed by atoms with Gasteiger partial charge in [-0.15, -0.1) is 10.2 Å². The number of hydrogen-bond donors (Lipinski definition) is 1. The third kappa shape index (κ3) is 5.08. The topological polar surface area (TPSA) is 98.6 Å². The number of benzene rings is 3. The van der Waals surface area contributed by atoms with E-state index in [9.17, 15) is 9.59 Å². The zero-order valence-electron chi connectivity index (χ0n) is 21.1. The van der Waals surface area contributed by atoms with E-state index < -0.39 is 0 Å². The molecule has 2 amide bonds. The Kier molecular flexibility index (Phi) is 7.60. The summed E-state index contributed by atoms with van der Waals surface area (Å²) < 4.78 is 12.7. The number of anilines is 1. The predicted molar refractivity (Wildman–Crippen MR) is 145 cm³/mol. The lowest BCUT2D eigenvalue weighted by Gasteiger charge is -2.17.